The van der Waals surface area contributed by atoms with Crippen molar-refractivity contribution in [2.75, 3.05) is 22.0 Å². The predicted molar refractivity (Wildman–Crippen MR) is 124 cm³/mol. The Kier molecular flexibility index (Phi) is 7.34. The molecule has 3 aromatic carbocycles. The number of carbonyl (C=O) groups excluding carboxylic acids is 2. The summed E-state index contributed by atoms with van der Waals surface area (Å²) in [6, 6.07) is 19.0. The normalized spacial score (nSPS) is 10.8. The number of halogens is 1. The summed E-state index contributed by atoms with van der Waals surface area (Å²) < 4.78 is 32.9. The molecular formula is C22H20ClN3O5S. The molecule has 2 amide bonds. The zero-order valence-corrected chi connectivity index (χ0v) is 18.5. The van der Waals surface area contributed by atoms with Crippen LogP contribution in [0.5, 0.6) is 5.75 Å². The number of ether oxygens (including phenoxy) is 1. The van der Waals surface area contributed by atoms with Gasteiger partial charge in [0.15, 0.2) is 6.61 Å². The quantitative estimate of drug-likeness (QED) is 0.455. The van der Waals surface area contributed by atoms with Gasteiger partial charge >= 0.3 is 0 Å². The molecule has 0 saturated heterocycles. The van der Waals surface area contributed by atoms with Crippen LogP contribution in [0.15, 0.2) is 77.7 Å². The van der Waals surface area contributed by atoms with Gasteiger partial charge in [-0.15, -0.1) is 0 Å². The zero-order chi connectivity index (χ0) is 23.1. The second kappa shape index (κ2) is 10.2. The van der Waals surface area contributed by atoms with E-state index in [4.69, 9.17) is 16.3 Å². The van der Waals surface area contributed by atoms with Gasteiger partial charge in [0.25, 0.3) is 15.9 Å². The summed E-state index contributed by atoms with van der Waals surface area (Å²) in [4.78, 5) is 23.1. The van der Waals surface area contributed by atoms with E-state index in [2.05, 4.69) is 15.4 Å². The molecule has 0 aliphatic rings. The Morgan fingerprint density at radius 3 is 2.09 bits per heavy atom. The molecule has 3 aromatic rings. The Balaban J connectivity index is 1.58. The van der Waals surface area contributed by atoms with Crippen LogP contribution >= 0.6 is 11.6 Å². The summed E-state index contributed by atoms with van der Waals surface area (Å²) in [6.45, 7) is 1.07. The van der Waals surface area contributed by atoms with E-state index in [0.29, 0.717) is 17.1 Å². The molecule has 8 nitrogen and oxygen atoms in total. The second-order valence-electron chi connectivity index (χ2n) is 6.66. The van der Waals surface area contributed by atoms with Gasteiger partial charge in [0.2, 0.25) is 5.91 Å². The van der Waals surface area contributed by atoms with Crippen molar-refractivity contribution in [1.82, 2.24) is 0 Å². The molecule has 3 N–H and O–H groups in total. The lowest BCUT2D eigenvalue weighted by atomic mass is 10.2. The lowest BCUT2D eigenvalue weighted by Gasteiger charge is -2.12. The Morgan fingerprint density at radius 2 is 1.50 bits per heavy atom. The maximum Gasteiger partial charge on any atom is 0.262 e. The largest absolute Gasteiger partial charge is 0.482 e. The Bertz CT molecular complexity index is 1220. The van der Waals surface area contributed by atoms with Crippen molar-refractivity contribution in [3.05, 3.63) is 77.8 Å². The first-order valence-electron chi connectivity index (χ1n) is 9.41. The predicted octanol–water partition coefficient (Wildman–Crippen LogP) is 4.12. The fourth-order valence-corrected chi connectivity index (χ4v) is 4.05. The van der Waals surface area contributed by atoms with E-state index in [1.807, 2.05) is 0 Å². The molecule has 3 rings (SSSR count). The molecule has 0 fully saturated rings. The van der Waals surface area contributed by atoms with Crippen LogP contribution in [0.2, 0.25) is 5.02 Å². The number of carbonyl (C=O) groups is 2. The number of amides is 2. The molecule has 0 aliphatic heterocycles. The van der Waals surface area contributed by atoms with Crippen LogP contribution in [-0.2, 0) is 19.6 Å². The minimum atomic E-state index is -3.83. The number of nitrogens with one attached hydrogen (secondary N) is 3. The molecule has 0 aliphatic carbocycles. The summed E-state index contributed by atoms with van der Waals surface area (Å²) in [5.74, 6) is -0.459. The molecular weight excluding hydrogens is 454 g/mol. The van der Waals surface area contributed by atoms with Crippen LogP contribution in [0.25, 0.3) is 0 Å². The van der Waals surface area contributed by atoms with Gasteiger partial charge < -0.3 is 15.4 Å². The molecule has 0 spiro atoms. The monoisotopic (exact) mass is 473 g/mol. The molecule has 0 heterocycles. The van der Waals surface area contributed by atoms with Crippen molar-refractivity contribution in [1.29, 1.82) is 0 Å². The van der Waals surface area contributed by atoms with E-state index in [1.165, 1.54) is 25.1 Å². The van der Waals surface area contributed by atoms with Crippen molar-refractivity contribution in [3.8, 4) is 5.75 Å². The van der Waals surface area contributed by atoms with Gasteiger partial charge in [0.1, 0.15) is 5.75 Å². The third-order valence-electron chi connectivity index (χ3n) is 4.09. The molecule has 0 unspecified atom stereocenters. The number of benzene rings is 3. The van der Waals surface area contributed by atoms with Crippen molar-refractivity contribution in [2.24, 2.45) is 0 Å². The number of hydrogen-bond acceptors (Lipinski definition) is 5. The fraction of sp³-hybridized carbons (Fsp3) is 0.0909. The summed E-state index contributed by atoms with van der Waals surface area (Å²) in [5.41, 5.74) is 1.55. The molecule has 166 valence electrons. The maximum absolute atomic E-state index is 12.5. The molecule has 0 radical (unpaired) electrons. The SMILES string of the molecule is CC(=O)Nc1ccc(NC(=O)COc2ccc(S(=O)(=O)Nc3ccccc3)cc2Cl)cc1. The fourth-order valence-electron chi connectivity index (χ4n) is 2.67. The first-order valence-corrected chi connectivity index (χ1v) is 11.3. The average Bonchev–Trinajstić information content (AvgIpc) is 2.74. The van der Waals surface area contributed by atoms with E-state index in [0.717, 1.165) is 0 Å². The highest BCUT2D eigenvalue weighted by Gasteiger charge is 2.17. The van der Waals surface area contributed by atoms with Gasteiger partial charge in [-0.3, -0.25) is 14.3 Å². The lowest BCUT2D eigenvalue weighted by molar-refractivity contribution is -0.118. The van der Waals surface area contributed by atoms with E-state index < -0.39 is 15.9 Å². The molecule has 32 heavy (non-hydrogen) atoms. The summed E-state index contributed by atoms with van der Waals surface area (Å²) in [7, 11) is -3.83. The van der Waals surface area contributed by atoms with Crippen LogP contribution in [0, 0.1) is 0 Å². The van der Waals surface area contributed by atoms with Gasteiger partial charge in [0.05, 0.1) is 9.92 Å². The van der Waals surface area contributed by atoms with Crippen molar-refractivity contribution >= 4 is 50.5 Å². The average molecular weight is 474 g/mol. The topological polar surface area (TPSA) is 114 Å². The van der Waals surface area contributed by atoms with Crippen LogP contribution < -0.4 is 20.1 Å². The number of para-hydroxylation sites is 1. The van der Waals surface area contributed by atoms with Gasteiger partial charge in [-0.1, -0.05) is 29.8 Å². The minimum absolute atomic E-state index is 0.0394. The van der Waals surface area contributed by atoms with E-state index in [-0.39, 0.29) is 28.2 Å². The van der Waals surface area contributed by atoms with Gasteiger partial charge in [0, 0.05) is 24.0 Å². The highest BCUT2D eigenvalue weighted by atomic mass is 35.5. The van der Waals surface area contributed by atoms with E-state index >= 15 is 0 Å². The zero-order valence-electron chi connectivity index (χ0n) is 17.0. The van der Waals surface area contributed by atoms with Crippen LogP contribution in [0.3, 0.4) is 0 Å². The number of anilines is 3. The smallest absolute Gasteiger partial charge is 0.262 e. The van der Waals surface area contributed by atoms with E-state index in [9.17, 15) is 18.0 Å². The Morgan fingerprint density at radius 1 is 0.875 bits per heavy atom. The molecule has 0 bridgehead atoms. The van der Waals surface area contributed by atoms with Gasteiger partial charge in [-0.2, -0.15) is 0 Å². The number of sulfonamides is 1. The second-order valence-corrected chi connectivity index (χ2v) is 8.75. The third kappa shape index (κ3) is 6.47. The first-order chi connectivity index (χ1) is 15.2. The highest BCUT2D eigenvalue weighted by molar-refractivity contribution is 7.92. The van der Waals surface area contributed by atoms with Gasteiger partial charge in [-0.05, 0) is 54.6 Å². The molecule has 0 aromatic heterocycles. The van der Waals surface area contributed by atoms with Crippen molar-refractivity contribution in [3.63, 3.8) is 0 Å². The summed E-state index contributed by atoms with van der Waals surface area (Å²) in [5, 5.41) is 5.33. The van der Waals surface area contributed by atoms with Crippen molar-refractivity contribution in [2.45, 2.75) is 11.8 Å². The Labute approximate surface area is 190 Å². The summed E-state index contributed by atoms with van der Waals surface area (Å²) in [6.07, 6.45) is 0. The summed E-state index contributed by atoms with van der Waals surface area (Å²) >= 11 is 6.16. The third-order valence-corrected chi connectivity index (χ3v) is 5.76. The lowest BCUT2D eigenvalue weighted by Crippen LogP contribution is -2.20. The van der Waals surface area contributed by atoms with Crippen LogP contribution in [-0.4, -0.2) is 26.8 Å². The molecule has 10 heteroatoms. The first kappa shape index (κ1) is 23.1. The Hall–Kier alpha value is -3.56. The molecule has 0 saturated carbocycles. The van der Waals surface area contributed by atoms with Crippen LogP contribution in [0.1, 0.15) is 6.92 Å². The van der Waals surface area contributed by atoms with Crippen LogP contribution in [0.4, 0.5) is 17.1 Å². The van der Waals surface area contributed by atoms with E-state index in [1.54, 1.807) is 54.6 Å². The maximum atomic E-state index is 12.5. The number of rotatable bonds is 8. The highest BCUT2D eigenvalue weighted by Crippen LogP contribution is 2.28. The molecule has 0 atom stereocenters. The number of hydrogen-bond donors (Lipinski definition) is 3. The minimum Gasteiger partial charge on any atom is -0.482 e. The van der Waals surface area contributed by atoms with Gasteiger partial charge in [-0.25, -0.2) is 8.42 Å². The standard InChI is InChI=1S/C22H20ClN3O5S/c1-15(27)24-16-7-9-17(10-8-16)25-22(28)14-31-21-12-11-19(13-20(21)23)32(29,30)26-18-5-3-2-4-6-18/h2-13,26H,14H2,1H3,(H,24,27)(H,25,28). The van der Waals surface area contributed by atoms with Crippen molar-refractivity contribution < 1.29 is 22.7 Å².